The van der Waals surface area contributed by atoms with Crippen molar-refractivity contribution in [1.82, 2.24) is 4.90 Å². The highest BCUT2D eigenvalue weighted by Gasteiger charge is 2.12. The van der Waals surface area contributed by atoms with Gasteiger partial charge < -0.3 is 10.2 Å². The first-order valence-electron chi connectivity index (χ1n) is 7.98. The smallest absolute Gasteiger partial charge is 0.286 e. The summed E-state index contributed by atoms with van der Waals surface area (Å²) in [5, 5.41) is 3.53. The van der Waals surface area contributed by atoms with Crippen LogP contribution in [0.4, 0.5) is 10.5 Å². The number of amides is 2. The number of nitrogens with one attached hydrogen (secondary N) is 1. The molecule has 132 valence electrons. The second-order valence-electron chi connectivity index (χ2n) is 5.79. The van der Waals surface area contributed by atoms with E-state index in [0.717, 1.165) is 35.1 Å². The van der Waals surface area contributed by atoms with Crippen LogP contribution in [0.15, 0.2) is 53.4 Å². The van der Waals surface area contributed by atoms with Gasteiger partial charge in [0.2, 0.25) is 5.91 Å². The minimum atomic E-state index is -0.0792. The number of aryl methyl sites for hydroxylation is 1. The minimum Gasteiger partial charge on any atom is -0.339 e. The largest absolute Gasteiger partial charge is 0.339 e. The van der Waals surface area contributed by atoms with Crippen molar-refractivity contribution in [3.8, 4) is 0 Å². The van der Waals surface area contributed by atoms with Crippen molar-refractivity contribution in [1.29, 1.82) is 0 Å². The number of anilines is 1. The van der Waals surface area contributed by atoms with E-state index in [0.29, 0.717) is 17.1 Å². The van der Waals surface area contributed by atoms with E-state index in [4.69, 9.17) is 11.6 Å². The predicted octanol–water partition coefficient (Wildman–Crippen LogP) is 5.08. The molecule has 0 saturated carbocycles. The Morgan fingerprint density at radius 2 is 1.76 bits per heavy atom. The molecule has 2 aromatic rings. The summed E-state index contributed by atoms with van der Waals surface area (Å²) in [7, 11) is 3.40. The van der Waals surface area contributed by atoms with Crippen LogP contribution in [0, 0.1) is 0 Å². The van der Waals surface area contributed by atoms with Crippen LogP contribution >= 0.6 is 23.4 Å². The van der Waals surface area contributed by atoms with Gasteiger partial charge in [0.25, 0.3) is 5.24 Å². The second-order valence-corrected chi connectivity index (χ2v) is 7.22. The Kier molecular flexibility index (Phi) is 7.34. The summed E-state index contributed by atoms with van der Waals surface area (Å²) < 4.78 is 0. The molecule has 25 heavy (non-hydrogen) atoms. The molecule has 0 bridgehead atoms. The van der Waals surface area contributed by atoms with Crippen LogP contribution in [0.2, 0.25) is 5.02 Å². The van der Waals surface area contributed by atoms with E-state index < -0.39 is 0 Å². The van der Waals surface area contributed by atoms with Gasteiger partial charge >= 0.3 is 0 Å². The average molecular weight is 377 g/mol. The number of nitrogens with zero attached hydrogens (tertiary/aromatic N) is 1. The normalized spacial score (nSPS) is 10.4. The van der Waals surface area contributed by atoms with Gasteiger partial charge in [-0.2, -0.15) is 0 Å². The Morgan fingerprint density at radius 3 is 2.44 bits per heavy atom. The van der Waals surface area contributed by atoms with Crippen molar-refractivity contribution in [2.45, 2.75) is 24.2 Å². The first-order valence-corrected chi connectivity index (χ1v) is 9.17. The maximum Gasteiger partial charge on any atom is 0.286 e. The molecule has 0 atom stereocenters. The molecule has 0 spiro atoms. The van der Waals surface area contributed by atoms with Gasteiger partial charge in [0.15, 0.2) is 0 Å². The third kappa shape index (κ3) is 6.44. The summed E-state index contributed by atoms with van der Waals surface area (Å²) in [5.41, 5.74) is 1.82. The number of carbonyl (C=O) groups is 2. The highest BCUT2D eigenvalue weighted by Crippen LogP contribution is 2.28. The summed E-state index contributed by atoms with van der Waals surface area (Å²) >= 11 is 6.97. The number of carbonyl (C=O) groups excluding carboxylic acids is 2. The molecule has 0 radical (unpaired) electrons. The van der Waals surface area contributed by atoms with Crippen molar-refractivity contribution in [2.75, 3.05) is 19.4 Å². The van der Waals surface area contributed by atoms with Crippen molar-refractivity contribution in [2.24, 2.45) is 0 Å². The van der Waals surface area contributed by atoms with Crippen LogP contribution in [-0.4, -0.2) is 30.1 Å². The number of hydrogen-bond donors (Lipinski definition) is 1. The monoisotopic (exact) mass is 376 g/mol. The Hall–Kier alpha value is -1.98. The summed E-state index contributed by atoms with van der Waals surface area (Å²) in [4.78, 5) is 26.3. The standard InChI is InChI=1S/C19H21ClN2O2S/c1-22(2)19(24)25-17-8-4-3-7-16(17)21-18(23)9-5-6-14-10-12-15(20)13-11-14/h3-4,7-8,10-13H,5-6,9H2,1-2H3,(H,21,23). The summed E-state index contributed by atoms with van der Waals surface area (Å²) in [5.74, 6) is -0.0562. The van der Waals surface area contributed by atoms with Gasteiger partial charge in [0.05, 0.1) is 5.69 Å². The zero-order valence-corrected chi connectivity index (χ0v) is 15.9. The number of rotatable bonds is 6. The Morgan fingerprint density at radius 1 is 1.08 bits per heavy atom. The fourth-order valence-corrected chi connectivity index (χ4v) is 3.03. The van der Waals surface area contributed by atoms with E-state index in [1.54, 1.807) is 14.1 Å². The maximum absolute atomic E-state index is 12.2. The zero-order valence-electron chi connectivity index (χ0n) is 14.3. The molecule has 2 rings (SSSR count). The van der Waals surface area contributed by atoms with Crippen LogP contribution in [-0.2, 0) is 11.2 Å². The molecule has 0 saturated heterocycles. The topological polar surface area (TPSA) is 49.4 Å². The molecular weight excluding hydrogens is 356 g/mol. The molecule has 2 aromatic carbocycles. The Bertz CT molecular complexity index is 732. The van der Waals surface area contributed by atoms with Gasteiger partial charge in [-0.1, -0.05) is 35.9 Å². The summed E-state index contributed by atoms with van der Waals surface area (Å²) in [6.07, 6.45) is 1.99. The lowest BCUT2D eigenvalue weighted by molar-refractivity contribution is -0.116. The molecule has 6 heteroatoms. The van der Waals surface area contributed by atoms with E-state index >= 15 is 0 Å². The van der Waals surface area contributed by atoms with Gasteiger partial charge in [-0.25, -0.2) is 0 Å². The SMILES string of the molecule is CN(C)C(=O)Sc1ccccc1NC(=O)CCCc1ccc(Cl)cc1. The van der Waals surface area contributed by atoms with E-state index in [1.807, 2.05) is 48.5 Å². The van der Waals surface area contributed by atoms with Gasteiger partial charge in [0, 0.05) is 30.4 Å². The highest BCUT2D eigenvalue weighted by molar-refractivity contribution is 8.13. The van der Waals surface area contributed by atoms with Crippen LogP contribution in [0.25, 0.3) is 0 Å². The van der Waals surface area contributed by atoms with Gasteiger partial charge in [-0.05, 0) is 54.4 Å². The molecule has 0 aromatic heterocycles. The zero-order chi connectivity index (χ0) is 18.2. The van der Waals surface area contributed by atoms with E-state index in [1.165, 1.54) is 4.90 Å². The third-order valence-corrected chi connectivity index (χ3v) is 4.87. The molecule has 1 N–H and O–H groups in total. The lowest BCUT2D eigenvalue weighted by atomic mass is 10.1. The maximum atomic E-state index is 12.2. The molecule has 0 aliphatic rings. The molecular formula is C19H21ClN2O2S. The number of benzene rings is 2. The van der Waals surface area contributed by atoms with Gasteiger partial charge in [-0.15, -0.1) is 0 Å². The Labute approximate surface area is 157 Å². The molecule has 2 amide bonds. The lowest BCUT2D eigenvalue weighted by Crippen LogP contribution is -2.17. The number of halogens is 1. The van der Waals surface area contributed by atoms with E-state index in [2.05, 4.69) is 5.32 Å². The van der Waals surface area contributed by atoms with Crippen LogP contribution < -0.4 is 5.32 Å². The molecule has 0 heterocycles. The quantitative estimate of drug-likeness (QED) is 0.715. The van der Waals surface area contributed by atoms with Gasteiger partial charge in [0.1, 0.15) is 0 Å². The van der Waals surface area contributed by atoms with E-state index in [9.17, 15) is 9.59 Å². The number of hydrogen-bond acceptors (Lipinski definition) is 3. The van der Waals surface area contributed by atoms with Crippen LogP contribution in [0.5, 0.6) is 0 Å². The Balaban J connectivity index is 1.87. The molecule has 0 fully saturated rings. The van der Waals surface area contributed by atoms with Crippen LogP contribution in [0.1, 0.15) is 18.4 Å². The lowest BCUT2D eigenvalue weighted by Gasteiger charge is -2.13. The molecule has 0 unspecified atom stereocenters. The summed E-state index contributed by atoms with van der Waals surface area (Å²) in [6.45, 7) is 0. The van der Waals surface area contributed by atoms with Crippen molar-refractivity contribution < 1.29 is 9.59 Å². The number of para-hydroxylation sites is 1. The summed E-state index contributed by atoms with van der Waals surface area (Å²) in [6, 6.07) is 15.0. The minimum absolute atomic E-state index is 0.0562. The molecule has 4 nitrogen and oxygen atoms in total. The average Bonchev–Trinajstić information content (AvgIpc) is 2.58. The van der Waals surface area contributed by atoms with Crippen molar-refractivity contribution in [3.05, 3.63) is 59.1 Å². The van der Waals surface area contributed by atoms with E-state index in [-0.39, 0.29) is 11.1 Å². The highest BCUT2D eigenvalue weighted by atomic mass is 35.5. The fraction of sp³-hybridized carbons (Fsp3) is 0.263. The fourth-order valence-electron chi connectivity index (χ4n) is 2.16. The van der Waals surface area contributed by atoms with Crippen LogP contribution in [0.3, 0.4) is 0 Å². The third-order valence-electron chi connectivity index (χ3n) is 3.51. The van der Waals surface area contributed by atoms with Crippen molar-refractivity contribution in [3.63, 3.8) is 0 Å². The first-order chi connectivity index (χ1) is 12.0. The first kappa shape index (κ1) is 19.3. The molecule has 0 aliphatic carbocycles. The number of thioether (sulfide) groups is 1. The second kappa shape index (κ2) is 9.49. The predicted molar refractivity (Wildman–Crippen MR) is 104 cm³/mol. The molecule has 0 aliphatic heterocycles. The van der Waals surface area contributed by atoms with Gasteiger partial charge in [-0.3, -0.25) is 9.59 Å². The van der Waals surface area contributed by atoms with Crippen molar-refractivity contribution >= 4 is 40.2 Å².